The number of carbonyl (C=O) groups is 1. The number of hydrogen-bond acceptors (Lipinski definition) is 4. The zero-order valence-corrected chi connectivity index (χ0v) is 11.5. The van der Waals surface area contributed by atoms with Crippen LogP contribution in [-0.4, -0.2) is 31.0 Å². The minimum Gasteiger partial charge on any atom is -0.376 e. The Morgan fingerprint density at radius 2 is 2.22 bits per heavy atom. The van der Waals surface area contributed by atoms with Crippen molar-refractivity contribution in [2.75, 3.05) is 24.3 Å². The highest BCUT2D eigenvalue weighted by Gasteiger charge is 2.20. The molecule has 1 aromatic rings. The van der Waals surface area contributed by atoms with Crippen LogP contribution in [0.1, 0.15) is 20.3 Å². The van der Waals surface area contributed by atoms with Gasteiger partial charge in [0.15, 0.2) is 0 Å². The molecule has 0 spiro atoms. The minimum absolute atomic E-state index is 0.157. The first-order valence-corrected chi connectivity index (χ1v) is 6.15. The summed E-state index contributed by atoms with van der Waals surface area (Å²) in [6.45, 7) is 3.99. The zero-order chi connectivity index (χ0) is 13.7. The van der Waals surface area contributed by atoms with Crippen LogP contribution in [0.15, 0.2) is 18.5 Å². The van der Waals surface area contributed by atoms with Crippen LogP contribution in [0, 0.1) is 5.92 Å². The van der Waals surface area contributed by atoms with E-state index in [1.165, 1.54) is 0 Å². The van der Waals surface area contributed by atoms with Crippen molar-refractivity contribution in [3.05, 3.63) is 18.5 Å². The van der Waals surface area contributed by atoms with E-state index in [9.17, 15) is 4.79 Å². The maximum atomic E-state index is 12.0. The number of amides is 1. The Morgan fingerprint density at radius 1 is 1.56 bits per heavy atom. The lowest BCUT2D eigenvalue weighted by Crippen LogP contribution is -2.40. The third-order valence-electron chi connectivity index (χ3n) is 3.10. The maximum Gasteiger partial charge on any atom is 0.241 e. The Bertz CT molecular complexity index is 406. The number of nitrogens with one attached hydrogen (secondary N) is 1. The van der Waals surface area contributed by atoms with Gasteiger partial charge in [0.2, 0.25) is 5.91 Å². The van der Waals surface area contributed by atoms with Crippen molar-refractivity contribution in [2.45, 2.75) is 26.3 Å². The average Bonchev–Trinajstić information content (AvgIpc) is 2.37. The quantitative estimate of drug-likeness (QED) is 0.830. The van der Waals surface area contributed by atoms with Crippen LogP contribution in [-0.2, 0) is 4.79 Å². The molecule has 3 N–H and O–H groups in total. The summed E-state index contributed by atoms with van der Waals surface area (Å²) in [5.74, 6) is -0.00933. The Morgan fingerprint density at radius 3 is 2.78 bits per heavy atom. The Kier molecular flexibility index (Phi) is 5.09. The third-order valence-corrected chi connectivity index (χ3v) is 3.10. The lowest BCUT2D eigenvalue weighted by atomic mass is 9.99. The summed E-state index contributed by atoms with van der Waals surface area (Å²) in [7, 11) is 3.83. The van der Waals surface area contributed by atoms with Crippen LogP contribution >= 0.6 is 0 Å². The van der Waals surface area contributed by atoms with Gasteiger partial charge in [-0.15, -0.1) is 0 Å². The van der Waals surface area contributed by atoms with E-state index in [-0.39, 0.29) is 11.8 Å². The highest BCUT2D eigenvalue weighted by molar-refractivity contribution is 5.97. The van der Waals surface area contributed by atoms with E-state index in [0.29, 0.717) is 5.69 Å². The maximum absolute atomic E-state index is 12.0. The number of pyridine rings is 1. The van der Waals surface area contributed by atoms with E-state index in [0.717, 1.165) is 12.1 Å². The van der Waals surface area contributed by atoms with Gasteiger partial charge in [-0.1, -0.05) is 20.3 Å². The summed E-state index contributed by atoms with van der Waals surface area (Å²) >= 11 is 0. The van der Waals surface area contributed by atoms with Crippen LogP contribution in [0.3, 0.4) is 0 Å². The third kappa shape index (κ3) is 3.43. The van der Waals surface area contributed by atoms with E-state index < -0.39 is 6.04 Å². The second kappa shape index (κ2) is 6.35. The molecular formula is C13H22N4O. The first-order valence-electron chi connectivity index (χ1n) is 6.15. The normalized spacial score (nSPS) is 13.8. The van der Waals surface area contributed by atoms with Crippen molar-refractivity contribution in [1.82, 2.24) is 4.98 Å². The van der Waals surface area contributed by atoms with Crippen LogP contribution in [0.2, 0.25) is 0 Å². The first-order chi connectivity index (χ1) is 8.47. The lowest BCUT2D eigenvalue weighted by molar-refractivity contribution is -0.118. The van der Waals surface area contributed by atoms with Crippen LogP contribution in [0.25, 0.3) is 0 Å². The fraction of sp³-hybridized carbons (Fsp3) is 0.538. The van der Waals surface area contributed by atoms with Gasteiger partial charge in [-0.25, -0.2) is 0 Å². The molecule has 1 heterocycles. The van der Waals surface area contributed by atoms with E-state index in [4.69, 9.17) is 5.73 Å². The van der Waals surface area contributed by atoms with Crippen molar-refractivity contribution < 1.29 is 4.79 Å². The largest absolute Gasteiger partial charge is 0.376 e. The second-order valence-electron chi connectivity index (χ2n) is 4.69. The summed E-state index contributed by atoms with van der Waals surface area (Å²) < 4.78 is 0. The number of aromatic nitrogens is 1. The van der Waals surface area contributed by atoms with Gasteiger partial charge in [0, 0.05) is 20.3 Å². The molecule has 1 rings (SSSR count). The summed E-state index contributed by atoms with van der Waals surface area (Å²) in [4.78, 5) is 18.0. The van der Waals surface area contributed by atoms with E-state index in [1.54, 1.807) is 12.4 Å². The lowest BCUT2D eigenvalue weighted by Gasteiger charge is -2.21. The smallest absolute Gasteiger partial charge is 0.241 e. The van der Waals surface area contributed by atoms with Crippen molar-refractivity contribution in [1.29, 1.82) is 0 Å². The number of anilines is 2. The number of carbonyl (C=O) groups excluding carboxylic acids is 1. The van der Waals surface area contributed by atoms with Gasteiger partial charge < -0.3 is 16.0 Å². The van der Waals surface area contributed by atoms with E-state index >= 15 is 0 Å². The van der Waals surface area contributed by atoms with Crippen molar-refractivity contribution in [3.8, 4) is 0 Å². The van der Waals surface area contributed by atoms with Gasteiger partial charge in [0.1, 0.15) is 0 Å². The summed E-state index contributed by atoms with van der Waals surface area (Å²) in [5.41, 5.74) is 7.50. The molecule has 0 aliphatic carbocycles. The highest BCUT2D eigenvalue weighted by atomic mass is 16.2. The Labute approximate surface area is 108 Å². The fourth-order valence-electron chi connectivity index (χ4n) is 1.60. The molecule has 0 fully saturated rings. The molecule has 5 heteroatoms. The standard InChI is InChI=1S/C13H22N4O/c1-5-9(2)12(14)13(18)16-10-8-15-7-6-11(10)17(3)4/h6-9,12H,5,14H2,1-4H3,(H,16,18)/t9-,12-/m0/s1. The minimum atomic E-state index is -0.495. The molecule has 0 aromatic carbocycles. The van der Waals surface area contributed by atoms with Crippen LogP contribution in [0.4, 0.5) is 11.4 Å². The molecule has 0 aliphatic rings. The average molecular weight is 250 g/mol. The molecule has 18 heavy (non-hydrogen) atoms. The monoisotopic (exact) mass is 250 g/mol. The molecule has 1 amide bonds. The van der Waals surface area contributed by atoms with Crippen molar-refractivity contribution in [2.24, 2.45) is 11.7 Å². The molecule has 0 saturated heterocycles. The molecule has 2 atom stereocenters. The first kappa shape index (κ1) is 14.4. The summed E-state index contributed by atoms with van der Waals surface area (Å²) in [6, 6.07) is 1.36. The highest BCUT2D eigenvalue weighted by Crippen LogP contribution is 2.22. The van der Waals surface area contributed by atoms with Gasteiger partial charge >= 0.3 is 0 Å². The number of hydrogen-bond donors (Lipinski definition) is 2. The Balaban J connectivity index is 2.82. The molecule has 0 bridgehead atoms. The van der Waals surface area contributed by atoms with Gasteiger partial charge in [0.05, 0.1) is 23.6 Å². The van der Waals surface area contributed by atoms with Gasteiger partial charge in [-0.2, -0.15) is 0 Å². The summed E-state index contributed by atoms with van der Waals surface area (Å²) in [5, 5.41) is 2.84. The van der Waals surface area contributed by atoms with Crippen molar-refractivity contribution >= 4 is 17.3 Å². The van der Waals surface area contributed by atoms with Crippen LogP contribution < -0.4 is 16.0 Å². The molecule has 0 aliphatic heterocycles. The Hall–Kier alpha value is -1.62. The fourth-order valence-corrected chi connectivity index (χ4v) is 1.60. The van der Waals surface area contributed by atoms with Gasteiger partial charge in [-0.05, 0) is 12.0 Å². The van der Waals surface area contributed by atoms with Crippen molar-refractivity contribution in [3.63, 3.8) is 0 Å². The molecule has 0 saturated carbocycles. The zero-order valence-electron chi connectivity index (χ0n) is 11.5. The molecular weight excluding hydrogens is 228 g/mol. The predicted molar refractivity (Wildman–Crippen MR) is 74.6 cm³/mol. The van der Waals surface area contributed by atoms with Crippen LogP contribution in [0.5, 0.6) is 0 Å². The molecule has 0 unspecified atom stereocenters. The molecule has 5 nitrogen and oxygen atoms in total. The van der Waals surface area contributed by atoms with Gasteiger partial charge in [-0.3, -0.25) is 9.78 Å². The van der Waals surface area contributed by atoms with E-state index in [1.807, 2.05) is 38.9 Å². The topological polar surface area (TPSA) is 71.2 Å². The number of nitrogens with zero attached hydrogens (tertiary/aromatic N) is 2. The predicted octanol–water partition coefficient (Wildman–Crippen LogP) is 1.46. The van der Waals surface area contributed by atoms with E-state index in [2.05, 4.69) is 10.3 Å². The molecule has 1 aromatic heterocycles. The van der Waals surface area contributed by atoms with Gasteiger partial charge in [0.25, 0.3) is 0 Å². The number of rotatable bonds is 5. The molecule has 0 radical (unpaired) electrons. The number of nitrogens with two attached hydrogens (primary N) is 1. The summed E-state index contributed by atoms with van der Waals surface area (Å²) in [6.07, 6.45) is 4.21. The SMILES string of the molecule is CC[C@H](C)[C@H](N)C(=O)Nc1cnccc1N(C)C. The molecule has 100 valence electrons. The second-order valence-corrected chi connectivity index (χ2v) is 4.69.